The van der Waals surface area contributed by atoms with Crippen LogP contribution < -0.4 is 10.6 Å². The van der Waals surface area contributed by atoms with Crippen LogP contribution in [0.15, 0.2) is 24.3 Å². The highest BCUT2D eigenvalue weighted by Gasteiger charge is 2.49. The number of urea groups is 1. The van der Waals surface area contributed by atoms with E-state index in [0.29, 0.717) is 24.6 Å². The Balaban J connectivity index is 1.65. The highest BCUT2D eigenvalue weighted by molar-refractivity contribution is 6.09. The largest absolute Gasteiger partial charge is 0.341 e. The summed E-state index contributed by atoms with van der Waals surface area (Å²) in [5, 5.41) is 5.93. The summed E-state index contributed by atoms with van der Waals surface area (Å²) in [6, 6.07) is 6.98. The Labute approximate surface area is 160 Å². The van der Waals surface area contributed by atoms with Gasteiger partial charge in [0.05, 0.1) is 0 Å². The van der Waals surface area contributed by atoms with Crippen LogP contribution in [0, 0.1) is 12.8 Å². The minimum atomic E-state index is -1.13. The van der Waals surface area contributed by atoms with Crippen molar-refractivity contribution in [3.05, 3.63) is 35.4 Å². The quantitative estimate of drug-likeness (QED) is 0.762. The number of amides is 4. The first-order valence-electron chi connectivity index (χ1n) is 9.49. The number of rotatable bonds is 5. The van der Waals surface area contributed by atoms with Crippen molar-refractivity contribution < 1.29 is 14.4 Å². The van der Waals surface area contributed by atoms with E-state index >= 15 is 0 Å². The molecule has 2 fully saturated rings. The molecule has 0 radical (unpaired) electrons. The van der Waals surface area contributed by atoms with Crippen molar-refractivity contribution in [2.45, 2.75) is 32.2 Å². The molecule has 2 N–H and O–H groups in total. The van der Waals surface area contributed by atoms with Gasteiger partial charge < -0.3 is 15.5 Å². The lowest BCUT2D eigenvalue weighted by molar-refractivity contribution is -0.139. The third kappa shape index (κ3) is 3.83. The Kier molecular flexibility index (Phi) is 5.51. The van der Waals surface area contributed by atoms with Gasteiger partial charge in [0.1, 0.15) is 12.1 Å². The zero-order valence-corrected chi connectivity index (χ0v) is 16.2. The summed E-state index contributed by atoms with van der Waals surface area (Å²) in [6.45, 7) is 5.73. The van der Waals surface area contributed by atoms with Crippen molar-refractivity contribution in [1.29, 1.82) is 0 Å². The molecule has 2 aliphatic heterocycles. The molecule has 2 heterocycles. The van der Waals surface area contributed by atoms with Crippen LogP contribution in [0.4, 0.5) is 4.79 Å². The van der Waals surface area contributed by atoms with Gasteiger partial charge in [0.25, 0.3) is 5.91 Å². The Morgan fingerprint density at radius 2 is 1.85 bits per heavy atom. The van der Waals surface area contributed by atoms with Crippen LogP contribution in [0.25, 0.3) is 0 Å². The smallest absolute Gasteiger partial charge is 0.325 e. The Morgan fingerprint density at radius 1 is 1.22 bits per heavy atom. The second-order valence-electron chi connectivity index (χ2n) is 7.69. The maximum Gasteiger partial charge on any atom is 0.325 e. The van der Waals surface area contributed by atoms with Crippen LogP contribution in [-0.4, -0.2) is 60.9 Å². The molecule has 1 aromatic rings. The van der Waals surface area contributed by atoms with E-state index in [0.717, 1.165) is 29.8 Å². The molecule has 7 nitrogen and oxygen atoms in total. The van der Waals surface area contributed by atoms with Crippen molar-refractivity contribution >= 4 is 17.8 Å². The van der Waals surface area contributed by atoms with E-state index in [1.165, 1.54) is 0 Å². The van der Waals surface area contributed by atoms with Gasteiger partial charge in [-0.25, -0.2) is 4.79 Å². The number of carbonyl (C=O) groups is 3. The molecule has 2 aliphatic rings. The number of likely N-dealkylation sites (tertiary alicyclic amines) is 1. The third-order valence-corrected chi connectivity index (χ3v) is 5.66. The standard InChI is InChI=1S/C20H28N4O3/c1-14-4-6-16(7-5-14)20(2)18(26)24(19(27)22-20)13-17(25)23-10-8-15(9-11-23)12-21-3/h4-7,15,21H,8-13H2,1-3H3,(H,22,27). The number of hydrogen-bond acceptors (Lipinski definition) is 4. The van der Waals surface area contributed by atoms with Crippen LogP contribution in [-0.2, 0) is 15.1 Å². The molecule has 4 amide bonds. The zero-order chi connectivity index (χ0) is 19.6. The average Bonchev–Trinajstić information content (AvgIpc) is 2.87. The fraction of sp³-hybridized carbons (Fsp3) is 0.550. The number of imide groups is 1. The molecule has 0 spiro atoms. The number of nitrogens with zero attached hydrogens (tertiary/aromatic N) is 2. The van der Waals surface area contributed by atoms with Gasteiger partial charge in [0.15, 0.2) is 0 Å². The summed E-state index contributed by atoms with van der Waals surface area (Å²) in [7, 11) is 1.93. The second-order valence-corrected chi connectivity index (χ2v) is 7.69. The van der Waals surface area contributed by atoms with Gasteiger partial charge >= 0.3 is 6.03 Å². The lowest BCUT2D eigenvalue weighted by atomic mass is 9.91. The first-order valence-corrected chi connectivity index (χ1v) is 9.49. The summed E-state index contributed by atoms with van der Waals surface area (Å²) in [6.07, 6.45) is 1.88. The first kappa shape index (κ1) is 19.4. The summed E-state index contributed by atoms with van der Waals surface area (Å²) < 4.78 is 0. The zero-order valence-electron chi connectivity index (χ0n) is 16.2. The van der Waals surface area contributed by atoms with E-state index in [2.05, 4.69) is 10.6 Å². The van der Waals surface area contributed by atoms with Gasteiger partial charge in [0.2, 0.25) is 5.91 Å². The van der Waals surface area contributed by atoms with Crippen molar-refractivity contribution in [2.24, 2.45) is 5.92 Å². The van der Waals surface area contributed by atoms with E-state index in [-0.39, 0.29) is 18.4 Å². The number of nitrogens with one attached hydrogen (secondary N) is 2. The molecule has 1 aromatic carbocycles. The normalized spacial score (nSPS) is 23.7. The highest BCUT2D eigenvalue weighted by atomic mass is 16.2. The molecule has 146 valence electrons. The molecule has 1 atom stereocenters. The third-order valence-electron chi connectivity index (χ3n) is 5.66. The van der Waals surface area contributed by atoms with E-state index < -0.39 is 11.6 Å². The molecular weight excluding hydrogens is 344 g/mol. The number of piperidine rings is 1. The summed E-state index contributed by atoms with van der Waals surface area (Å²) >= 11 is 0. The van der Waals surface area contributed by atoms with Gasteiger partial charge in [-0.3, -0.25) is 14.5 Å². The maximum absolute atomic E-state index is 12.9. The minimum absolute atomic E-state index is 0.172. The predicted molar refractivity (Wildman–Crippen MR) is 102 cm³/mol. The molecule has 1 unspecified atom stereocenters. The number of benzene rings is 1. The molecule has 2 saturated heterocycles. The van der Waals surface area contributed by atoms with Crippen molar-refractivity contribution in [3.63, 3.8) is 0 Å². The van der Waals surface area contributed by atoms with E-state index in [1.54, 1.807) is 11.8 Å². The van der Waals surface area contributed by atoms with Crippen LogP contribution in [0.3, 0.4) is 0 Å². The number of carbonyl (C=O) groups excluding carboxylic acids is 3. The van der Waals surface area contributed by atoms with E-state index in [9.17, 15) is 14.4 Å². The van der Waals surface area contributed by atoms with E-state index in [1.807, 2.05) is 38.2 Å². The lowest BCUT2D eigenvalue weighted by Gasteiger charge is -2.32. The molecule has 7 heteroatoms. The average molecular weight is 372 g/mol. The lowest BCUT2D eigenvalue weighted by Crippen LogP contribution is -2.47. The minimum Gasteiger partial charge on any atom is -0.341 e. The maximum atomic E-state index is 12.9. The van der Waals surface area contributed by atoms with Gasteiger partial charge in [-0.2, -0.15) is 0 Å². The summed E-state index contributed by atoms with van der Waals surface area (Å²) in [5.41, 5.74) is 0.660. The fourth-order valence-electron chi connectivity index (χ4n) is 3.83. The van der Waals surface area contributed by atoms with Gasteiger partial charge in [0, 0.05) is 13.1 Å². The molecule has 0 aromatic heterocycles. The molecule has 0 saturated carbocycles. The van der Waals surface area contributed by atoms with Crippen LogP contribution in [0.5, 0.6) is 0 Å². The highest BCUT2D eigenvalue weighted by Crippen LogP contribution is 2.29. The topological polar surface area (TPSA) is 81.8 Å². The van der Waals surface area contributed by atoms with E-state index in [4.69, 9.17) is 0 Å². The van der Waals surface area contributed by atoms with Gasteiger partial charge in [-0.15, -0.1) is 0 Å². The van der Waals surface area contributed by atoms with Crippen molar-refractivity contribution in [2.75, 3.05) is 33.2 Å². The first-order chi connectivity index (χ1) is 12.8. The van der Waals surface area contributed by atoms with Gasteiger partial charge in [-0.1, -0.05) is 29.8 Å². The molecule has 27 heavy (non-hydrogen) atoms. The predicted octanol–water partition coefficient (Wildman–Crippen LogP) is 1.22. The molecule has 0 aliphatic carbocycles. The molecular formula is C20H28N4O3. The monoisotopic (exact) mass is 372 g/mol. The van der Waals surface area contributed by atoms with Crippen LogP contribution in [0.2, 0.25) is 0 Å². The summed E-state index contributed by atoms with van der Waals surface area (Å²) in [4.78, 5) is 40.8. The van der Waals surface area contributed by atoms with Gasteiger partial charge in [-0.05, 0) is 51.8 Å². The Hall–Kier alpha value is -2.41. The van der Waals surface area contributed by atoms with Crippen molar-refractivity contribution in [3.8, 4) is 0 Å². The van der Waals surface area contributed by atoms with Crippen LogP contribution in [0.1, 0.15) is 30.9 Å². The van der Waals surface area contributed by atoms with Crippen molar-refractivity contribution in [1.82, 2.24) is 20.4 Å². The number of aryl methyl sites for hydroxylation is 1. The SMILES string of the molecule is CNCC1CCN(C(=O)CN2C(=O)NC(C)(c3ccc(C)cc3)C2=O)CC1. The van der Waals surface area contributed by atoms with Crippen LogP contribution >= 0.6 is 0 Å². The fourth-order valence-corrected chi connectivity index (χ4v) is 3.83. The Morgan fingerprint density at radius 3 is 2.44 bits per heavy atom. The number of hydrogen-bond donors (Lipinski definition) is 2. The second kappa shape index (κ2) is 7.68. The molecule has 0 bridgehead atoms. The Bertz CT molecular complexity index is 725. The summed E-state index contributed by atoms with van der Waals surface area (Å²) in [5.74, 6) is 0.0185. The molecule has 3 rings (SSSR count).